The fraction of sp³-hybridized carbons (Fsp3) is 0.381. The summed E-state index contributed by atoms with van der Waals surface area (Å²) in [5.74, 6) is 1.32. The van der Waals surface area contributed by atoms with Gasteiger partial charge in [0.1, 0.15) is 10.8 Å². The minimum Gasteiger partial charge on any atom is -0.360 e. The third-order valence-electron chi connectivity index (χ3n) is 5.34. The van der Waals surface area contributed by atoms with Crippen molar-refractivity contribution in [2.75, 3.05) is 26.2 Å². The lowest BCUT2D eigenvalue weighted by atomic mass is 10.2. The van der Waals surface area contributed by atoms with E-state index >= 15 is 0 Å². The molecule has 1 aromatic carbocycles. The van der Waals surface area contributed by atoms with E-state index in [1.807, 2.05) is 29.2 Å². The van der Waals surface area contributed by atoms with Crippen LogP contribution >= 0.6 is 11.3 Å². The van der Waals surface area contributed by atoms with Gasteiger partial charge in [-0.25, -0.2) is 4.98 Å². The molecular weight excluding hydrogens is 372 g/mol. The molecule has 2 fully saturated rings. The topological polar surface area (TPSA) is 62.5 Å². The van der Waals surface area contributed by atoms with Crippen LogP contribution in [0.25, 0.3) is 10.6 Å². The fourth-order valence-corrected chi connectivity index (χ4v) is 4.36. The van der Waals surface area contributed by atoms with E-state index in [4.69, 9.17) is 9.51 Å². The van der Waals surface area contributed by atoms with Crippen LogP contribution in [0.4, 0.5) is 0 Å². The number of benzene rings is 1. The highest BCUT2D eigenvalue weighted by molar-refractivity contribution is 7.13. The van der Waals surface area contributed by atoms with Crippen LogP contribution in [0, 0.1) is 0 Å². The zero-order chi connectivity index (χ0) is 18.9. The number of nitrogens with zero attached hydrogens (tertiary/aromatic N) is 4. The van der Waals surface area contributed by atoms with Gasteiger partial charge in [-0.2, -0.15) is 0 Å². The molecule has 1 aliphatic carbocycles. The van der Waals surface area contributed by atoms with E-state index in [9.17, 15) is 4.79 Å². The van der Waals surface area contributed by atoms with Gasteiger partial charge >= 0.3 is 0 Å². The smallest absolute Gasteiger partial charge is 0.276 e. The quantitative estimate of drug-likeness (QED) is 0.661. The van der Waals surface area contributed by atoms with Crippen LogP contribution in [0.1, 0.15) is 40.7 Å². The van der Waals surface area contributed by atoms with Gasteiger partial charge in [-0.1, -0.05) is 35.5 Å². The first-order valence-corrected chi connectivity index (χ1v) is 10.6. The Kier molecular flexibility index (Phi) is 4.70. The van der Waals surface area contributed by atoms with Gasteiger partial charge in [0, 0.05) is 55.7 Å². The van der Waals surface area contributed by atoms with Gasteiger partial charge in [-0.05, 0) is 12.8 Å². The highest BCUT2D eigenvalue weighted by Gasteiger charge is 2.30. The molecule has 1 saturated carbocycles. The molecule has 2 aliphatic rings. The molecule has 0 spiro atoms. The minimum absolute atomic E-state index is 0.0182. The number of aromatic nitrogens is 2. The predicted molar refractivity (Wildman–Crippen MR) is 107 cm³/mol. The van der Waals surface area contributed by atoms with Crippen molar-refractivity contribution >= 4 is 17.2 Å². The van der Waals surface area contributed by atoms with Gasteiger partial charge < -0.3 is 9.42 Å². The lowest BCUT2D eigenvalue weighted by Crippen LogP contribution is -2.48. The molecule has 3 heterocycles. The summed E-state index contributed by atoms with van der Waals surface area (Å²) < 4.78 is 5.32. The molecule has 144 valence electrons. The zero-order valence-electron chi connectivity index (χ0n) is 15.6. The van der Waals surface area contributed by atoms with Crippen molar-refractivity contribution in [1.29, 1.82) is 0 Å². The van der Waals surface area contributed by atoms with Crippen molar-refractivity contribution < 1.29 is 9.32 Å². The summed E-state index contributed by atoms with van der Waals surface area (Å²) >= 11 is 1.68. The van der Waals surface area contributed by atoms with E-state index in [2.05, 4.69) is 27.6 Å². The Labute approximate surface area is 167 Å². The van der Waals surface area contributed by atoms with Crippen LogP contribution in [-0.2, 0) is 6.54 Å². The second-order valence-corrected chi connectivity index (χ2v) is 8.33. The lowest BCUT2D eigenvalue weighted by molar-refractivity contribution is 0.0617. The molecule has 2 aromatic heterocycles. The summed E-state index contributed by atoms with van der Waals surface area (Å²) in [4.78, 5) is 21.7. The van der Waals surface area contributed by atoms with Crippen molar-refractivity contribution in [3.05, 3.63) is 58.9 Å². The number of amides is 1. The third-order valence-corrected chi connectivity index (χ3v) is 6.28. The van der Waals surface area contributed by atoms with E-state index in [-0.39, 0.29) is 5.91 Å². The Morgan fingerprint density at radius 1 is 1.14 bits per heavy atom. The predicted octanol–water partition coefficient (Wildman–Crippen LogP) is 3.63. The zero-order valence-corrected chi connectivity index (χ0v) is 16.4. The summed E-state index contributed by atoms with van der Waals surface area (Å²) in [6.07, 6.45) is 2.29. The molecule has 0 N–H and O–H groups in total. The van der Waals surface area contributed by atoms with Crippen LogP contribution in [0.2, 0.25) is 0 Å². The Morgan fingerprint density at radius 2 is 1.93 bits per heavy atom. The summed E-state index contributed by atoms with van der Waals surface area (Å²) in [5, 5.41) is 7.17. The van der Waals surface area contributed by atoms with Gasteiger partial charge in [0.15, 0.2) is 5.69 Å². The van der Waals surface area contributed by atoms with E-state index < -0.39 is 0 Å². The standard InChI is InChI=1S/C21H22N4O2S/c26-21(18-12-19(27-23-18)15-6-7-15)25-10-8-24(9-11-25)13-17-14-28-20(22-17)16-4-2-1-3-5-16/h1-5,12,14-15H,6-11,13H2. The monoisotopic (exact) mass is 394 g/mol. The Morgan fingerprint density at radius 3 is 2.68 bits per heavy atom. The average molecular weight is 395 g/mol. The maximum atomic E-state index is 12.7. The molecule has 6 nitrogen and oxygen atoms in total. The first kappa shape index (κ1) is 17.6. The number of rotatable bonds is 5. The maximum absolute atomic E-state index is 12.7. The van der Waals surface area contributed by atoms with Gasteiger partial charge in [0.05, 0.1) is 5.69 Å². The van der Waals surface area contributed by atoms with Gasteiger partial charge in [-0.15, -0.1) is 11.3 Å². The van der Waals surface area contributed by atoms with Gasteiger partial charge in [0.2, 0.25) is 0 Å². The van der Waals surface area contributed by atoms with E-state index in [0.717, 1.165) is 54.5 Å². The Bertz CT molecular complexity index is 956. The van der Waals surface area contributed by atoms with Crippen molar-refractivity contribution in [2.24, 2.45) is 0 Å². The summed E-state index contributed by atoms with van der Waals surface area (Å²) in [7, 11) is 0. The molecule has 1 amide bonds. The first-order chi connectivity index (χ1) is 13.8. The van der Waals surface area contributed by atoms with Crippen LogP contribution < -0.4 is 0 Å². The summed E-state index contributed by atoms with van der Waals surface area (Å²) in [6.45, 7) is 3.93. The van der Waals surface area contributed by atoms with Crippen molar-refractivity contribution in [1.82, 2.24) is 19.9 Å². The third kappa shape index (κ3) is 3.72. The normalized spacial score (nSPS) is 17.8. The van der Waals surface area contributed by atoms with Crippen molar-refractivity contribution in [2.45, 2.75) is 25.3 Å². The van der Waals surface area contributed by atoms with E-state index in [1.54, 1.807) is 11.3 Å². The Balaban J connectivity index is 1.16. The largest absolute Gasteiger partial charge is 0.360 e. The molecule has 3 aromatic rings. The average Bonchev–Trinajstić information content (AvgIpc) is 3.28. The van der Waals surface area contributed by atoms with Gasteiger partial charge in [-0.3, -0.25) is 9.69 Å². The van der Waals surface area contributed by atoms with Crippen LogP contribution in [0.15, 0.2) is 46.3 Å². The number of carbonyl (C=O) groups is 1. The molecular formula is C21H22N4O2S. The number of piperazine rings is 1. The molecule has 0 atom stereocenters. The van der Waals surface area contributed by atoms with Crippen molar-refractivity contribution in [3.8, 4) is 10.6 Å². The second-order valence-electron chi connectivity index (χ2n) is 7.47. The number of hydrogen-bond acceptors (Lipinski definition) is 6. The van der Waals surface area contributed by atoms with Gasteiger partial charge in [0.25, 0.3) is 5.91 Å². The highest BCUT2D eigenvalue weighted by atomic mass is 32.1. The molecule has 28 heavy (non-hydrogen) atoms. The van der Waals surface area contributed by atoms with Crippen LogP contribution in [0.3, 0.4) is 0 Å². The molecule has 1 saturated heterocycles. The number of thiazole rings is 1. The minimum atomic E-state index is -0.0182. The highest BCUT2D eigenvalue weighted by Crippen LogP contribution is 2.40. The summed E-state index contributed by atoms with van der Waals surface area (Å²) in [6, 6.07) is 12.1. The molecule has 5 rings (SSSR count). The SMILES string of the molecule is O=C(c1cc(C2CC2)on1)N1CCN(Cc2csc(-c3ccccc3)n2)CC1. The number of hydrogen-bond donors (Lipinski definition) is 0. The second kappa shape index (κ2) is 7.48. The molecule has 0 radical (unpaired) electrons. The van der Waals surface area contributed by atoms with Crippen molar-refractivity contribution in [3.63, 3.8) is 0 Å². The van der Waals surface area contributed by atoms with E-state index in [0.29, 0.717) is 24.7 Å². The van der Waals surface area contributed by atoms with Crippen LogP contribution in [-0.4, -0.2) is 52.0 Å². The van der Waals surface area contributed by atoms with E-state index in [1.165, 1.54) is 0 Å². The molecule has 0 bridgehead atoms. The number of carbonyl (C=O) groups excluding carboxylic acids is 1. The first-order valence-electron chi connectivity index (χ1n) is 9.74. The molecule has 7 heteroatoms. The molecule has 0 unspecified atom stereocenters. The maximum Gasteiger partial charge on any atom is 0.276 e. The Hall–Kier alpha value is -2.51. The molecule has 1 aliphatic heterocycles. The lowest BCUT2D eigenvalue weighted by Gasteiger charge is -2.33. The van der Waals surface area contributed by atoms with Crippen LogP contribution in [0.5, 0.6) is 0 Å². The fourth-order valence-electron chi connectivity index (χ4n) is 3.54. The summed E-state index contributed by atoms with van der Waals surface area (Å²) in [5.41, 5.74) is 2.70.